The summed E-state index contributed by atoms with van der Waals surface area (Å²) in [6, 6.07) is 1.84. The lowest BCUT2D eigenvalue weighted by Crippen LogP contribution is -2.42. The Balaban J connectivity index is 2.15. The first kappa shape index (κ1) is 17.0. The van der Waals surface area contributed by atoms with Crippen LogP contribution in [0, 0.1) is 0 Å². The molecule has 1 atom stereocenters. The lowest BCUT2D eigenvalue weighted by molar-refractivity contribution is 0.0643. The van der Waals surface area contributed by atoms with E-state index in [-0.39, 0.29) is 24.1 Å². The Kier molecular flexibility index (Phi) is 5.64. The van der Waals surface area contributed by atoms with Crippen LogP contribution < -0.4 is 4.74 Å². The van der Waals surface area contributed by atoms with E-state index < -0.39 is 0 Å². The molecule has 2 rings (SSSR count). The summed E-state index contributed by atoms with van der Waals surface area (Å²) in [5, 5.41) is 0.352. The Bertz CT molecular complexity index is 520. The number of amides is 1. The number of hydrogen-bond donors (Lipinski definition) is 0. The van der Waals surface area contributed by atoms with Gasteiger partial charge in [-0.05, 0) is 33.8 Å². The third-order valence-electron chi connectivity index (χ3n) is 3.57. The van der Waals surface area contributed by atoms with Gasteiger partial charge in [0.1, 0.15) is 11.1 Å². The van der Waals surface area contributed by atoms with Crippen molar-refractivity contribution in [1.29, 1.82) is 0 Å². The highest BCUT2D eigenvalue weighted by molar-refractivity contribution is 6.32. The molecule has 0 bridgehead atoms. The zero-order valence-corrected chi connectivity index (χ0v) is 14.3. The molecule has 1 aromatic heterocycles. The minimum Gasteiger partial charge on any atom is -0.471 e. The maximum absolute atomic E-state index is 12.6. The monoisotopic (exact) mass is 326 g/mol. The van der Waals surface area contributed by atoms with E-state index >= 15 is 0 Å². The van der Waals surface area contributed by atoms with Gasteiger partial charge in [-0.15, -0.1) is 0 Å². The number of pyridine rings is 1. The van der Waals surface area contributed by atoms with E-state index in [1.807, 2.05) is 27.7 Å². The van der Waals surface area contributed by atoms with E-state index in [1.54, 1.807) is 11.0 Å². The zero-order chi connectivity index (χ0) is 16.3. The molecule has 2 heterocycles. The standard InChI is InChI=1S/C16H23ClN2O3/c1-10(2)19(11(3)4)16(20)12-7-14(17)15(18-8-12)22-13-5-6-21-9-13/h7-8,10-11,13H,5-6,9H2,1-4H3. The molecule has 6 heteroatoms. The van der Waals surface area contributed by atoms with Gasteiger partial charge in [-0.2, -0.15) is 0 Å². The molecule has 1 amide bonds. The first-order chi connectivity index (χ1) is 10.4. The van der Waals surface area contributed by atoms with Crippen LogP contribution in [0.1, 0.15) is 44.5 Å². The third kappa shape index (κ3) is 3.90. The van der Waals surface area contributed by atoms with Crippen LogP contribution in [0.25, 0.3) is 0 Å². The molecule has 5 nitrogen and oxygen atoms in total. The molecule has 1 aliphatic rings. The molecule has 0 spiro atoms. The number of carbonyl (C=O) groups excluding carboxylic acids is 1. The molecular weight excluding hydrogens is 304 g/mol. The van der Waals surface area contributed by atoms with Crippen molar-refractivity contribution in [1.82, 2.24) is 9.88 Å². The molecule has 0 aliphatic carbocycles. The van der Waals surface area contributed by atoms with Crippen LogP contribution in [0.15, 0.2) is 12.3 Å². The maximum atomic E-state index is 12.6. The van der Waals surface area contributed by atoms with Crippen molar-refractivity contribution in [3.63, 3.8) is 0 Å². The number of carbonyl (C=O) groups is 1. The lowest BCUT2D eigenvalue weighted by Gasteiger charge is -2.30. The van der Waals surface area contributed by atoms with E-state index in [9.17, 15) is 4.79 Å². The van der Waals surface area contributed by atoms with Crippen molar-refractivity contribution in [2.75, 3.05) is 13.2 Å². The van der Waals surface area contributed by atoms with Crippen molar-refractivity contribution in [3.8, 4) is 5.88 Å². The van der Waals surface area contributed by atoms with Gasteiger partial charge >= 0.3 is 0 Å². The second kappa shape index (κ2) is 7.29. The number of nitrogens with zero attached hydrogens (tertiary/aromatic N) is 2. The first-order valence-electron chi connectivity index (χ1n) is 7.62. The Labute approximate surface area is 136 Å². The van der Waals surface area contributed by atoms with E-state index in [4.69, 9.17) is 21.1 Å². The highest BCUT2D eigenvalue weighted by Crippen LogP contribution is 2.26. The van der Waals surface area contributed by atoms with Crippen molar-refractivity contribution in [3.05, 3.63) is 22.8 Å². The van der Waals surface area contributed by atoms with Crippen LogP contribution >= 0.6 is 11.6 Å². The fourth-order valence-corrected chi connectivity index (χ4v) is 2.82. The van der Waals surface area contributed by atoms with Gasteiger partial charge in [-0.3, -0.25) is 4.79 Å². The summed E-state index contributed by atoms with van der Waals surface area (Å²) >= 11 is 6.22. The number of rotatable bonds is 5. The van der Waals surface area contributed by atoms with Gasteiger partial charge in [-0.25, -0.2) is 4.98 Å². The van der Waals surface area contributed by atoms with Crippen LogP contribution in [-0.2, 0) is 4.74 Å². The Morgan fingerprint density at radius 3 is 2.59 bits per heavy atom. The van der Waals surface area contributed by atoms with Crippen molar-refractivity contribution < 1.29 is 14.3 Å². The Hall–Kier alpha value is -1.33. The number of aromatic nitrogens is 1. The fourth-order valence-electron chi connectivity index (χ4n) is 2.61. The molecule has 1 aliphatic heterocycles. The van der Waals surface area contributed by atoms with Crippen LogP contribution in [0.4, 0.5) is 0 Å². The van der Waals surface area contributed by atoms with Crippen LogP contribution in [0.2, 0.25) is 5.02 Å². The highest BCUT2D eigenvalue weighted by Gasteiger charge is 2.24. The predicted molar refractivity (Wildman–Crippen MR) is 85.5 cm³/mol. The molecule has 0 N–H and O–H groups in total. The van der Waals surface area contributed by atoms with Crippen LogP contribution in [0.3, 0.4) is 0 Å². The van der Waals surface area contributed by atoms with Gasteiger partial charge in [0.05, 0.1) is 18.8 Å². The predicted octanol–water partition coefficient (Wildman–Crippen LogP) is 3.16. The summed E-state index contributed by atoms with van der Waals surface area (Å²) in [4.78, 5) is 18.6. The molecule has 0 saturated carbocycles. The van der Waals surface area contributed by atoms with Gasteiger partial charge < -0.3 is 14.4 Å². The van der Waals surface area contributed by atoms with Gasteiger partial charge in [0, 0.05) is 24.7 Å². The third-order valence-corrected chi connectivity index (χ3v) is 3.84. The van der Waals surface area contributed by atoms with Gasteiger partial charge in [0.2, 0.25) is 5.88 Å². The van der Waals surface area contributed by atoms with Crippen molar-refractivity contribution in [2.45, 2.75) is 52.3 Å². The Morgan fingerprint density at radius 2 is 2.09 bits per heavy atom. The van der Waals surface area contributed by atoms with E-state index in [0.717, 1.165) is 6.42 Å². The fraction of sp³-hybridized carbons (Fsp3) is 0.625. The van der Waals surface area contributed by atoms with E-state index in [2.05, 4.69) is 4.98 Å². The normalized spacial score (nSPS) is 18.0. The summed E-state index contributed by atoms with van der Waals surface area (Å²) in [7, 11) is 0. The molecular formula is C16H23ClN2O3. The van der Waals surface area contributed by atoms with Crippen LogP contribution in [-0.4, -0.2) is 47.2 Å². The van der Waals surface area contributed by atoms with Crippen molar-refractivity contribution >= 4 is 17.5 Å². The van der Waals surface area contributed by atoms with Gasteiger partial charge in [-0.1, -0.05) is 11.6 Å². The SMILES string of the molecule is CC(C)N(C(=O)c1cnc(OC2CCOC2)c(Cl)c1)C(C)C. The summed E-state index contributed by atoms with van der Waals surface area (Å²) in [6.45, 7) is 9.20. The summed E-state index contributed by atoms with van der Waals surface area (Å²) in [5.74, 6) is 0.282. The molecule has 1 unspecified atom stereocenters. The molecule has 122 valence electrons. The number of halogens is 1. The molecule has 1 aromatic rings. The quantitative estimate of drug-likeness (QED) is 0.834. The summed E-state index contributed by atoms with van der Waals surface area (Å²) < 4.78 is 11.0. The van der Waals surface area contributed by atoms with Crippen LogP contribution in [0.5, 0.6) is 5.88 Å². The number of ether oxygens (including phenoxy) is 2. The van der Waals surface area contributed by atoms with E-state index in [0.29, 0.717) is 29.7 Å². The highest BCUT2D eigenvalue weighted by atomic mass is 35.5. The second-order valence-electron chi connectivity index (χ2n) is 6.01. The van der Waals surface area contributed by atoms with Crippen molar-refractivity contribution in [2.24, 2.45) is 0 Å². The molecule has 0 radical (unpaired) electrons. The first-order valence-corrected chi connectivity index (χ1v) is 8.00. The molecule has 1 fully saturated rings. The Morgan fingerprint density at radius 1 is 1.41 bits per heavy atom. The molecule has 1 saturated heterocycles. The summed E-state index contributed by atoms with van der Waals surface area (Å²) in [6.07, 6.45) is 2.33. The topological polar surface area (TPSA) is 51.7 Å². The van der Waals surface area contributed by atoms with E-state index in [1.165, 1.54) is 6.20 Å². The molecule has 22 heavy (non-hydrogen) atoms. The zero-order valence-electron chi connectivity index (χ0n) is 13.5. The average Bonchev–Trinajstić information content (AvgIpc) is 2.93. The molecule has 0 aromatic carbocycles. The lowest BCUT2D eigenvalue weighted by atomic mass is 10.1. The minimum absolute atomic E-state index is 0.0191. The van der Waals surface area contributed by atoms with Gasteiger partial charge in [0.25, 0.3) is 5.91 Å². The number of hydrogen-bond acceptors (Lipinski definition) is 4. The summed E-state index contributed by atoms with van der Waals surface area (Å²) in [5.41, 5.74) is 0.474. The minimum atomic E-state index is -0.0739. The largest absolute Gasteiger partial charge is 0.471 e. The maximum Gasteiger partial charge on any atom is 0.255 e. The van der Waals surface area contributed by atoms with Gasteiger partial charge in [0.15, 0.2) is 0 Å². The smallest absolute Gasteiger partial charge is 0.255 e. The average molecular weight is 327 g/mol. The second-order valence-corrected chi connectivity index (χ2v) is 6.42.